The van der Waals surface area contributed by atoms with Gasteiger partial charge < -0.3 is 15.6 Å². The highest BCUT2D eigenvalue weighted by Crippen LogP contribution is 2.23. The molecule has 0 heterocycles. The van der Waals surface area contributed by atoms with E-state index in [1.165, 1.54) is 0 Å². The molecule has 24 heavy (non-hydrogen) atoms. The quantitative estimate of drug-likeness (QED) is 0.806. The number of hydrogen-bond acceptors (Lipinski definition) is 4. The highest BCUT2D eigenvalue weighted by Gasteiger charge is 2.39. The Balaban J connectivity index is 3.04. The van der Waals surface area contributed by atoms with E-state index in [1.807, 2.05) is 20.8 Å². The first kappa shape index (κ1) is 20.2. The molecular weight excluding hydrogens is 306 g/mol. The second-order valence-corrected chi connectivity index (χ2v) is 8.29. The van der Waals surface area contributed by atoms with Gasteiger partial charge in [0.1, 0.15) is 5.75 Å². The van der Waals surface area contributed by atoms with Crippen LogP contribution in [0.3, 0.4) is 0 Å². The van der Waals surface area contributed by atoms with Crippen LogP contribution in [0.25, 0.3) is 0 Å². The Labute approximate surface area is 144 Å². The molecule has 1 aromatic rings. The highest BCUT2D eigenvalue weighted by atomic mass is 16.5. The smallest absolute Gasteiger partial charge is 0.311 e. The third-order valence-corrected chi connectivity index (χ3v) is 3.77. The van der Waals surface area contributed by atoms with Gasteiger partial charge in [-0.1, -0.05) is 32.9 Å². The maximum Gasteiger partial charge on any atom is 0.311 e. The van der Waals surface area contributed by atoms with Gasteiger partial charge in [-0.3, -0.25) is 9.59 Å². The van der Waals surface area contributed by atoms with Crippen molar-refractivity contribution in [3.05, 3.63) is 29.8 Å². The summed E-state index contributed by atoms with van der Waals surface area (Å²) < 4.78 is 5.64. The fourth-order valence-electron chi connectivity index (χ4n) is 2.17. The summed E-state index contributed by atoms with van der Waals surface area (Å²) in [6.07, 6.45) is -0.272. The number of ether oxygens (including phenoxy) is 1. The zero-order valence-electron chi connectivity index (χ0n) is 15.6. The van der Waals surface area contributed by atoms with E-state index in [4.69, 9.17) is 4.74 Å². The van der Waals surface area contributed by atoms with Crippen LogP contribution < -0.4 is 5.73 Å². The molecule has 0 aromatic heterocycles. The van der Waals surface area contributed by atoms with E-state index >= 15 is 0 Å². The van der Waals surface area contributed by atoms with E-state index in [2.05, 4.69) is 5.73 Å². The minimum Gasteiger partial charge on any atom is -0.508 e. The first-order valence-electron chi connectivity index (χ1n) is 8.19. The lowest BCUT2D eigenvalue weighted by atomic mass is 9.83. The monoisotopic (exact) mass is 336 g/mol. The lowest BCUT2D eigenvalue weighted by Crippen LogP contribution is -2.72. The molecule has 0 aliphatic carbocycles. The molecule has 0 fully saturated rings. The Morgan fingerprint density at radius 2 is 1.54 bits per heavy atom. The first-order valence-corrected chi connectivity index (χ1v) is 8.19. The third-order valence-electron chi connectivity index (χ3n) is 3.77. The van der Waals surface area contributed by atoms with E-state index < -0.39 is 23.0 Å². The predicted octanol–water partition coefficient (Wildman–Crippen LogP) is 2.12. The van der Waals surface area contributed by atoms with E-state index in [1.54, 1.807) is 45.0 Å². The molecule has 0 radical (unpaired) electrons. The molecule has 1 aromatic carbocycles. The van der Waals surface area contributed by atoms with E-state index in [0.717, 1.165) is 5.56 Å². The van der Waals surface area contributed by atoms with Gasteiger partial charge >= 0.3 is 5.97 Å². The van der Waals surface area contributed by atoms with Gasteiger partial charge in [0, 0.05) is 11.8 Å². The molecule has 0 saturated carbocycles. The molecule has 5 heteroatoms. The van der Waals surface area contributed by atoms with E-state index in [-0.39, 0.29) is 17.5 Å². The van der Waals surface area contributed by atoms with Crippen molar-refractivity contribution in [3.63, 3.8) is 0 Å². The average molecular weight is 336 g/mol. The molecule has 4 N–H and O–H groups in total. The lowest BCUT2D eigenvalue weighted by molar-refractivity contribution is -0.421. The molecule has 2 unspecified atom stereocenters. The number of phenolic OH excluding ortho intramolecular Hbond substituents is 1. The molecular formula is C19H30NO4+. The van der Waals surface area contributed by atoms with Gasteiger partial charge in [0.05, 0.1) is 5.41 Å². The lowest BCUT2D eigenvalue weighted by Gasteiger charge is -2.28. The standard InChI is InChI=1S/C19H29NO4/c1-18(2,3)16(22)15(20)14(24-17(23)19(4,5)6)11-12-7-9-13(21)10-8-12/h7-10,14-15,21H,11,20H2,1-6H3/p+1. The summed E-state index contributed by atoms with van der Waals surface area (Å²) in [5, 5.41) is 9.40. The second-order valence-electron chi connectivity index (χ2n) is 8.29. The van der Waals surface area contributed by atoms with Crippen molar-refractivity contribution in [2.24, 2.45) is 10.8 Å². The van der Waals surface area contributed by atoms with Crippen molar-refractivity contribution >= 4 is 11.8 Å². The number of rotatable bonds is 5. The van der Waals surface area contributed by atoms with Crippen LogP contribution >= 0.6 is 0 Å². The number of hydrogen-bond donors (Lipinski definition) is 2. The van der Waals surface area contributed by atoms with Gasteiger partial charge in [-0.05, 0) is 38.5 Å². The largest absolute Gasteiger partial charge is 0.508 e. The summed E-state index contributed by atoms with van der Waals surface area (Å²) in [6.45, 7) is 10.8. The molecule has 2 atom stereocenters. The first-order chi connectivity index (χ1) is 10.8. The van der Waals surface area contributed by atoms with Crippen molar-refractivity contribution in [2.45, 2.75) is 60.1 Å². The summed E-state index contributed by atoms with van der Waals surface area (Å²) in [4.78, 5) is 24.9. The van der Waals surface area contributed by atoms with Crippen LogP contribution in [0.1, 0.15) is 47.1 Å². The van der Waals surface area contributed by atoms with Crippen molar-refractivity contribution in [2.75, 3.05) is 0 Å². The van der Waals surface area contributed by atoms with E-state index in [0.29, 0.717) is 6.42 Å². The number of quaternary nitrogens is 1. The number of Topliss-reactive ketones (excluding diaryl/α,β-unsaturated/α-hetero) is 1. The minimum atomic E-state index is -0.662. The van der Waals surface area contributed by atoms with Crippen molar-refractivity contribution < 1.29 is 25.2 Å². The molecule has 0 amide bonds. The predicted molar refractivity (Wildman–Crippen MR) is 92.3 cm³/mol. The van der Waals surface area contributed by atoms with Crippen LogP contribution in [0.15, 0.2) is 24.3 Å². The molecule has 134 valence electrons. The Morgan fingerprint density at radius 1 is 1.04 bits per heavy atom. The topological polar surface area (TPSA) is 91.2 Å². The summed E-state index contributed by atoms with van der Waals surface area (Å²) in [7, 11) is 0. The van der Waals surface area contributed by atoms with Crippen LogP contribution in [0.5, 0.6) is 5.75 Å². The molecule has 5 nitrogen and oxygen atoms in total. The fourth-order valence-corrected chi connectivity index (χ4v) is 2.17. The zero-order chi connectivity index (χ0) is 18.7. The van der Waals surface area contributed by atoms with Gasteiger partial charge in [-0.25, -0.2) is 0 Å². The molecule has 0 aliphatic rings. The Bertz CT molecular complexity index is 579. The summed E-state index contributed by atoms with van der Waals surface area (Å²) in [5.41, 5.74) is 3.63. The number of carbonyl (C=O) groups excluding carboxylic acids is 2. The van der Waals surface area contributed by atoms with Crippen molar-refractivity contribution in [1.82, 2.24) is 0 Å². The highest BCUT2D eigenvalue weighted by molar-refractivity contribution is 5.88. The Morgan fingerprint density at radius 3 is 1.96 bits per heavy atom. The van der Waals surface area contributed by atoms with Crippen LogP contribution in [0.4, 0.5) is 0 Å². The van der Waals surface area contributed by atoms with Crippen LogP contribution in [-0.4, -0.2) is 29.0 Å². The summed E-state index contributed by atoms with van der Waals surface area (Å²) in [5.74, 6) is -0.242. The number of benzene rings is 1. The maximum atomic E-state index is 12.6. The van der Waals surface area contributed by atoms with Crippen LogP contribution in [0.2, 0.25) is 0 Å². The number of ketones is 1. The average Bonchev–Trinajstić information content (AvgIpc) is 2.45. The number of esters is 1. The molecule has 0 saturated heterocycles. The van der Waals surface area contributed by atoms with E-state index in [9.17, 15) is 14.7 Å². The molecule has 0 aliphatic heterocycles. The number of phenols is 1. The fraction of sp³-hybridized carbons (Fsp3) is 0.579. The molecule has 0 spiro atoms. The minimum absolute atomic E-state index is 0.0482. The molecule has 0 bridgehead atoms. The molecule has 1 rings (SSSR count). The summed E-state index contributed by atoms with van der Waals surface area (Å²) >= 11 is 0. The third kappa shape index (κ3) is 5.64. The van der Waals surface area contributed by atoms with Crippen molar-refractivity contribution in [1.29, 1.82) is 0 Å². The number of carbonyl (C=O) groups is 2. The van der Waals surface area contributed by atoms with Gasteiger partial charge in [-0.2, -0.15) is 0 Å². The zero-order valence-corrected chi connectivity index (χ0v) is 15.6. The van der Waals surface area contributed by atoms with Crippen LogP contribution in [0, 0.1) is 10.8 Å². The normalized spacial score (nSPS) is 14.8. The van der Waals surface area contributed by atoms with Gasteiger partial charge in [-0.15, -0.1) is 0 Å². The van der Waals surface area contributed by atoms with Crippen LogP contribution in [-0.2, 0) is 20.7 Å². The second kappa shape index (κ2) is 7.34. The van der Waals surface area contributed by atoms with Crippen molar-refractivity contribution in [3.8, 4) is 5.75 Å². The Hall–Kier alpha value is -1.88. The SMILES string of the molecule is CC(C)(C)C(=O)OC(Cc1ccc(O)cc1)C([NH3+])C(=O)C(C)(C)C. The maximum absolute atomic E-state index is 12.6. The summed E-state index contributed by atoms with van der Waals surface area (Å²) in [6, 6.07) is 5.98. The van der Waals surface area contributed by atoms with Gasteiger partial charge in [0.2, 0.25) is 0 Å². The Kier molecular flexibility index (Phi) is 6.17. The number of aromatic hydroxyl groups is 1. The van der Waals surface area contributed by atoms with Gasteiger partial charge in [0.25, 0.3) is 0 Å². The van der Waals surface area contributed by atoms with Gasteiger partial charge in [0.15, 0.2) is 17.9 Å².